The van der Waals surface area contributed by atoms with E-state index in [2.05, 4.69) is 39.2 Å². The Hall–Kier alpha value is -4.04. The number of carbonyl (C=O) groups is 1. The molecule has 0 aliphatic rings. The fraction of sp³-hybridized carbons (Fsp3) is 0.167. The maximum atomic E-state index is 11.0. The molecule has 0 bridgehead atoms. The molecule has 0 unspecified atom stereocenters. The van der Waals surface area contributed by atoms with Crippen molar-refractivity contribution in [3.63, 3.8) is 0 Å². The van der Waals surface area contributed by atoms with Gasteiger partial charge in [0, 0.05) is 17.8 Å². The summed E-state index contributed by atoms with van der Waals surface area (Å²) in [7, 11) is 0. The van der Waals surface area contributed by atoms with Crippen molar-refractivity contribution in [1.82, 2.24) is 15.0 Å². The number of nitrogen functional groups attached to an aromatic ring is 1. The Kier molecular flexibility index (Phi) is 5.96. The van der Waals surface area contributed by atoms with Crippen LogP contribution in [0.4, 0.5) is 17.6 Å². The van der Waals surface area contributed by atoms with E-state index in [0.29, 0.717) is 18.3 Å². The van der Waals surface area contributed by atoms with Crippen molar-refractivity contribution in [3.8, 4) is 11.4 Å². The number of nitrogens with two attached hydrogens (primary N) is 2. The Bertz CT molecular complexity index is 1260. The van der Waals surface area contributed by atoms with E-state index in [4.69, 9.17) is 16.6 Å². The number of benzene rings is 3. The lowest BCUT2D eigenvalue weighted by Crippen LogP contribution is -2.32. The summed E-state index contributed by atoms with van der Waals surface area (Å²) in [6.07, 6.45) is 0.242. The van der Waals surface area contributed by atoms with Gasteiger partial charge in [-0.2, -0.15) is 15.0 Å². The van der Waals surface area contributed by atoms with Crippen LogP contribution in [0.25, 0.3) is 22.2 Å². The van der Waals surface area contributed by atoms with E-state index in [-0.39, 0.29) is 12.4 Å². The number of carboxylic acid groups (broad SMARTS) is 1. The molecule has 0 fully saturated rings. The predicted octanol–water partition coefficient (Wildman–Crippen LogP) is 3.39. The number of anilines is 3. The molecule has 1 atom stereocenters. The van der Waals surface area contributed by atoms with Crippen LogP contribution in [-0.2, 0) is 11.2 Å². The minimum Gasteiger partial charge on any atom is -0.480 e. The molecule has 1 aromatic heterocycles. The first kappa shape index (κ1) is 21.2. The second-order valence-corrected chi connectivity index (χ2v) is 7.44. The first-order valence-electron chi connectivity index (χ1n) is 10.3. The maximum Gasteiger partial charge on any atom is 0.320 e. The van der Waals surface area contributed by atoms with Gasteiger partial charge in [0.05, 0.1) is 0 Å². The highest BCUT2D eigenvalue weighted by Gasteiger charge is 2.16. The normalized spacial score (nSPS) is 11.9. The zero-order valence-electron chi connectivity index (χ0n) is 17.6. The van der Waals surface area contributed by atoms with Gasteiger partial charge >= 0.3 is 5.97 Å². The molecule has 0 saturated heterocycles. The van der Waals surface area contributed by atoms with Crippen molar-refractivity contribution in [1.29, 1.82) is 0 Å². The number of nitrogens with zero attached hydrogens (tertiary/aromatic N) is 4. The van der Waals surface area contributed by atoms with Crippen LogP contribution in [0.3, 0.4) is 0 Å². The van der Waals surface area contributed by atoms with Gasteiger partial charge < -0.3 is 21.5 Å². The Labute approximate surface area is 185 Å². The SMILES string of the molecule is CCN(c1ccc2ccccc2c1)c1nc(N)nc(-c2ccc(C[C@H](N)C(=O)O)cc2)n1. The average molecular weight is 428 g/mol. The zero-order valence-corrected chi connectivity index (χ0v) is 17.6. The van der Waals surface area contributed by atoms with Crippen molar-refractivity contribution < 1.29 is 9.90 Å². The molecular weight excluding hydrogens is 404 g/mol. The third kappa shape index (κ3) is 4.50. The molecule has 0 saturated carbocycles. The van der Waals surface area contributed by atoms with E-state index >= 15 is 0 Å². The highest BCUT2D eigenvalue weighted by Crippen LogP contribution is 2.28. The molecule has 4 rings (SSSR count). The molecule has 5 N–H and O–H groups in total. The van der Waals surface area contributed by atoms with Crippen LogP contribution in [0, 0.1) is 0 Å². The van der Waals surface area contributed by atoms with Crippen molar-refractivity contribution in [2.24, 2.45) is 5.73 Å². The predicted molar refractivity (Wildman–Crippen MR) is 126 cm³/mol. The molecule has 0 aliphatic carbocycles. The molecule has 162 valence electrons. The third-order valence-electron chi connectivity index (χ3n) is 5.23. The molecule has 0 aliphatic heterocycles. The number of aliphatic carboxylic acids is 1. The molecule has 8 heteroatoms. The van der Waals surface area contributed by atoms with E-state index in [1.54, 1.807) is 0 Å². The molecule has 8 nitrogen and oxygen atoms in total. The highest BCUT2D eigenvalue weighted by atomic mass is 16.4. The van der Waals surface area contributed by atoms with Crippen LogP contribution in [0.2, 0.25) is 0 Å². The monoisotopic (exact) mass is 428 g/mol. The van der Waals surface area contributed by atoms with E-state index in [9.17, 15) is 4.79 Å². The average Bonchev–Trinajstić information content (AvgIpc) is 2.79. The van der Waals surface area contributed by atoms with Gasteiger partial charge in [-0.1, -0.05) is 54.6 Å². The van der Waals surface area contributed by atoms with Crippen LogP contribution in [0.1, 0.15) is 12.5 Å². The quantitative estimate of drug-likeness (QED) is 0.408. The summed E-state index contributed by atoms with van der Waals surface area (Å²) in [6, 6.07) is 20.7. The summed E-state index contributed by atoms with van der Waals surface area (Å²) >= 11 is 0. The topological polar surface area (TPSA) is 131 Å². The summed E-state index contributed by atoms with van der Waals surface area (Å²) in [6.45, 7) is 2.67. The van der Waals surface area contributed by atoms with Gasteiger partial charge in [-0.25, -0.2) is 0 Å². The Morgan fingerprint density at radius 3 is 2.41 bits per heavy atom. The van der Waals surface area contributed by atoms with Crippen LogP contribution in [0.5, 0.6) is 0 Å². The number of hydrogen-bond acceptors (Lipinski definition) is 7. The van der Waals surface area contributed by atoms with Crippen molar-refractivity contribution in [2.75, 3.05) is 17.2 Å². The van der Waals surface area contributed by atoms with Gasteiger partial charge in [-0.3, -0.25) is 4.79 Å². The van der Waals surface area contributed by atoms with E-state index in [0.717, 1.165) is 27.6 Å². The van der Waals surface area contributed by atoms with Crippen molar-refractivity contribution >= 4 is 34.3 Å². The molecule has 1 heterocycles. The lowest BCUT2D eigenvalue weighted by Gasteiger charge is -2.22. The van der Waals surface area contributed by atoms with Crippen molar-refractivity contribution in [2.45, 2.75) is 19.4 Å². The number of carboxylic acids is 1. The standard InChI is InChI=1S/C24H24N6O2/c1-2-30(19-12-11-16-5-3-4-6-18(16)14-19)24-28-21(27-23(26)29-24)17-9-7-15(8-10-17)13-20(25)22(31)32/h3-12,14,20H,2,13,25H2,1H3,(H,31,32)(H2,26,27,28,29)/t20-/m0/s1. The molecule has 0 spiro atoms. The zero-order chi connectivity index (χ0) is 22.7. The Morgan fingerprint density at radius 1 is 1.00 bits per heavy atom. The molecule has 4 aromatic rings. The van der Waals surface area contributed by atoms with E-state index in [1.165, 1.54) is 0 Å². The summed E-state index contributed by atoms with van der Waals surface area (Å²) in [5, 5.41) is 11.3. The second kappa shape index (κ2) is 8.99. The first-order chi connectivity index (χ1) is 15.4. The van der Waals surface area contributed by atoms with Gasteiger partial charge in [0.25, 0.3) is 0 Å². The van der Waals surface area contributed by atoms with Crippen LogP contribution >= 0.6 is 0 Å². The minimum absolute atomic E-state index is 0.126. The number of rotatable bonds is 7. The second-order valence-electron chi connectivity index (χ2n) is 7.44. The lowest BCUT2D eigenvalue weighted by molar-refractivity contribution is -0.138. The minimum atomic E-state index is -1.03. The lowest BCUT2D eigenvalue weighted by atomic mass is 10.0. The van der Waals surface area contributed by atoms with Crippen molar-refractivity contribution in [3.05, 3.63) is 72.3 Å². The Balaban J connectivity index is 1.66. The Morgan fingerprint density at radius 2 is 1.72 bits per heavy atom. The molecule has 32 heavy (non-hydrogen) atoms. The number of hydrogen-bond donors (Lipinski definition) is 3. The molecule has 3 aromatic carbocycles. The van der Waals surface area contributed by atoms with Gasteiger partial charge in [-0.05, 0) is 41.8 Å². The summed E-state index contributed by atoms with van der Waals surface area (Å²) < 4.78 is 0. The van der Waals surface area contributed by atoms with Gasteiger partial charge in [-0.15, -0.1) is 0 Å². The summed E-state index contributed by atoms with van der Waals surface area (Å²) in [5.41, 5.74) is 14.2. The smallest absolute Gasteiger partial charge is 0.320 e. The molecular formula is C24H24N6O2. The molecule has 0 amide bonds. The van der Waals surface area contributed by atoms with E-state index < -0.39 is 12.0 Å². The van der Waals surface area contributed by atoms with Gasteiger partial charge in [0.1, 0.15) is 6.04 Å². The first-order valence-corrected chi connectivity index (χ1v) is 10.3. The van der Waals surface area contributed by atoms with Gasteiger partial charge in [0.15, 0.2) is 5.82 Å². The third-order valence-corrected chi connectivity index (χ3v) is 5.23. The summed E-state index contributed by atoms with van der Waals surface area (Å²) in [4.78, 5) is 26.3. The summed E-state index contributed by atoms with van der Waals surface area (Å²) in [5.74, 6) is 0.00148. The van der Waals surface area contributed by atoms with Gasteiger partial charge in [0.2, 0.25) is 11.9 Å². The fourth-order valence-electron chi connectivity index (χ4n) is 3.55. The fourth-order valence-corrected chi connectivity index (χ4v) is 3.55. The van der Waals surface area contributed by atoms with Crippen LogP contribution in [-0.4, -0.2) is 38.6 Å². The molecule has 0 radical (unpaired) electrons. The number of aromatic nitrogens is 3. The van der Waals surface area contributed by atoms with Crippen LogP contribution < -0.4 is 16.4 Å². The highest BCUT2D eigenvalue weighted by molar-refractivity contribution is 5.86. The maximum absolute atomic E-state index is 11.0. The largest absolute Gasteiger partial charge is 0.480 e. The van der Waals surface area contributed by atoms with Crippen LogP contribution in [0.15, 0.2) is 66.7 Å². The van der Waals surface area contributed by atoms with E-state index in [1.807, 2.05) is 54.3 Å². The number of fused-ring (bicyclic) bond motifs is 1.